The summed E-state index contributed by atoms with van der Waals surface area (Å²) in [5, 5.41) is 3.04. The van der Waals surface area contributed by atoms with Gasteiger partial charge < -0.3 is 25.6 Å². The van der Waals surface area contributed by atoms with Crippen molar-refractivity contribution in [3.63, 3.8) is 0 Å². The van der Waals surface area contributed by atoms with Crippen molar-refractivity contribution in [2.24, 2.45) is 0 Å². The van der Waals surface area contributed by atoms with Gasteiger partial charge in [-0.2, -0.15) is 4.98 Å². The molecule has 1 atom stereocenters. The number of carbonyl (C=O) groups is 1. The molecule has 1 aromatic carbocycles. The number of aromatic nitrogens is 3. The van der Waals surface area contributed by atoms with Crippen molar-refractivity contribution >= 4 is 17.7 Å². The normalized spacial score (nSPS) is 14.5. The lowest BCUT2D eigenvalue weighted by Gasteiger charge is -2.22. The smallest absolute Gasteiger partial charge is 0.259 e. The van der Waals surface area contributed by atoms with Crippen LogP contribution in [0, 0.1) is 11.6 Å². The van der Waals surface area contributed by atoms with Crippen molar-refractivity contribution < 1.29 is 18.3 Å². The van der Waals surface area contributed by atoms with Gasteiger partial charge in [-0.25, -0.2) is 13.8 Å². The van der Waals surface area contributed by atoms with Gasteiger partial charge in [0, 0.05) is 38.8 Å². The minimum absolute atomic E-state index is 0.0321. The molecule has 9 nitrogen and oxygen atoms in total. The predicted octanol–water partition coefficient (Wildman–Crippen LogP) is 2.55. The fourth-order valence-corrected chi connectivity index (χ4v) is 3.88. The highest BCUT2D eigenvalue weighted by molar-refractivity contribution is 5.99. The van der Waals surface area contributed by atoms with Gasteiger partial charge in [0.1, 0.15) is 34.9 Å². The highest BCUT2D eigenvalue weighted by atomic mass is 19.1. The average Bonchev–Trinajstić information content (AvgIpc) is 2.95. The SMILES string of the molecule is CNCCC(Oc1cnc(CN2CCN(C)c3nc(N)ncc3C2=O)c(F)c1)c1cccc(F)c1. The third-order valence-corrected chi connectivity index (χ3v) is 5.76. The zero-order chi connectivity index (χ0) is 24.9. The van der Waals surface area contributed by atoms with Crippen LogP contribution in [0.2, 0.25) is 0 Å². The molecule has 0 aliphatic carbocycles. The number of pyridine rings is 1. The number of halogens is 2. The molecule has 184 valence electrons. The first-order valence-corrected chi connectivity index (χ1v) is 11.2. The summed E-state index contributed by atoms with van der Waals surface area (Å²) in [5.74, 6) is -0.577. The second-order valence-corrected chi connectivity index (χ2v) is 8.27. The molecule has 0 bridgehead atoms. The highest BCUT2D eigenvalue weighted by Crippen LogP contribution is 2.27. The third kappa shape index (κ3) is 5.62. The van der Waals surface area contributed by atoms with Crippen molar-refractivity contribution in [1.82, 2.24) is 25.2 Å². The molecule has 1 amide bonds. The summed E-state index contributed by atoms with van der Waals surface area (Å²) in [5.41, 5.74) is 6.71. The molecule has 3 heterocycles. The molecule has 1 aliphatic rings. The molecule has 11 heteroatoms. The van der Waals surface area contributed by atoms with E-state index in [-0.39, 0.29) is 35.7 Å². The maximum atomic E-state index is 15.0. The van der Waals surface area contributed by atoms with Crippen molar-refractivity contribution in [3.05, 3.63) is 71.2 Å². The van der Waals surface area contributed by atoms with E-state index in [0.717, 1.165) is 0 Å². The van der Waals surface area contributed by atoms with Crippen LogP contribution in [-0.2, 0) is 6.54 Å². The first-order chi connectivity index (χ1) is 16.9. The Morgan fingerprint density at radius 3 is 2.77 bits per heavy atom. The summed E-state index contributed by atoms with van der Waals surface area (Å²) < 4.78 is 34.7. The Bertz CT molecular complexity index is 1210. The summed E-state index contributed by atoms with van der Waals surface area (Å²) in [6.07, 6.45) is 2.85. The molecule has 35 heavy (non-hydrogen) atoms. The van der Waals surface area contributed by atoms with E-state index in [9.17, 15) is 9.18 Å². The number of nitrogens with two attached hydrogens (primary N) is 1. The third-order valence-electron chi connectivity index (χ3n) is 5.76. The zero-order valence-electron chi connectivity index (χ0n) is 19.5. The summed E-state index contributed by atoms with van der Waals surface area (Å²) in [6.45, 7) is 1.42. The number of ether oxygens (including phenoxy) is 1. The van der Waals surface area contributed by atoms with Crippen molar-refractivity contribution in [3.8, 4) is 5.75 Å². The first kappa shape index (κ1) is 24.3. The zero-order valence-corrected chi connectivity index (χ0v) is 19.5. The fourth-order valence-electron chi connectivity index (χ4n) is 3.88. The number of nitrogens with zero attached hydrogens (tertiary/aromatic N) is 5. The summed E-state index contributed by atoms with van der Waals surface area (Å²) in [4.78, 5) is 28.7. The number of hydrogen-bond acceptors (Lipinski definition) is 8. The number of fused-ring (bicyclic) bond motifs is 1. The quantitative estimate of drug-likeness (QED) is 0.503. The molecule has 4 rings (SSSR count). The monoisotopic (exact) mass is 483 g/mol. The van der Waals surface area contributed by atoms with Gasteiger partial charge in [-0.3, -0.25) is 9.78 Å². The summed E-state index contributed by atoms with van der Waals surface area (Å²) in [7, 11) is 3.61. The lowest BCUT2D eigenvalue weighted by molar-refractivity contribution is 0.0750. The standard InChI is InChI=1S/C24H27F2N7O2/c1-28-7-6-21(15-4-3-5-16(25)10-15)35-17-11-19(26)20(29-12-17)14-33-9-8-32(2)22-18(23(33)34)13-30-24(27)31-22/h3-5,10-13,21,28H,6-9,14H2,1-2H3,(H2,27,30,31). The fraction of sp³-hybridized carbons (Fsp3) is 0.333. The van der Waals surface area contributed by atoms with E-state index in [0.29, 0.717) is 43.0 Å². The number of nitrogens with one attached hydrogen (secondary N) is 1. The van der Waals surface area contributed by atoms with Crippen molar-refractivity contribution in [1.29, 1.82) is 0 Å². The highest BCUT2D eigenvalue weighted by Gasteiger charge is 2.28. The van der Waals surface area contributed by atoms with Gasteiger partial charge in [-0.1, -0.05) is 12.1 Å². The van der Waals surface area contributed by atoms with Gasteiger partial charge in [-0.15, -0.1) is 0 Å². The van der Waals surface area contributed by atoms with Crippen LogP contribution in [-0.4, -0.2) is 59.5 Å². The molecule has 3 aromatic rings. The second-order valence-electron chi connectivity index (χ2n) is 8.27. The Balaban J connectivity index is 1.51. The van der Waals surface area contributed by atoms with Crippen LogP contribution in [0.15, 0.2) is 42.7 Å². The minimum atomic E-state index is -0.603. The van der Waals surface area contributed by atoms with Gasteiger partial charge >= 0.3 is 0 Å². The molecule has 1 aliphatic heterocycles. The van der Waals surface area contributed by atoms with Crippen LogP contribution < -0.4 is 20.7 Å². The molecule has 0 spiro atoms. The number of rotatable bonds is 8. The van der Waals surface area contributed by atoms with Crippen molar-refractivity contribution in [2.45, 2.75) is 19.1 Å². The number of benzene rings is 1. The molecule has 2 aromatic heterocycles. The van der Waals surface area contributed by atoms with Crippen LogP contribution in [0.5, 0.6) is 5.75 Å². The Morgan fingerprint density at radius 1 is 1.20 bits per heavy atom. The van der Waals surface area contributed by atoms with Crippen LogP contribution in [0.25, 0.3) is 0 Å². The van der Waals surface area contributed by atoms with Gasteiger partial charge in [-0.05, 0) is 31.3 Å². The number of anilines is 2. The van der Waals surface area contributed by atoms with Gasteiger partial charge in [0.25, 0.3) is 5.91 Å². The number of nitrogen functional groups attached to an aromatic ring is 1. The summed E-state index contributed by atoms with van der Waals surface area (Å²) >= 11 is 0. The largest absolute Gasteiger partial charge is 0.484 e. The second kappa shape index (κ2) is 10.6. The molecular formula is C24H27F2N7O2. The summed E-state index contributed by atoms with van der Waals surface area (Å²) in [6, 6.07) is 7.36. The van der Waals surface area contributed by atoms with Gasteiger partial charge in [0.15, 0.2) is 0 Å². The number of likely N-dealkylation sites (N-methyl/N-ethyl adjacent to an activating group) is 1. The van der Waals surface area contributed by atoms with Gasteiger partial charge in [0.05, 0.1) is 18.4 Å². The van der Waals surface area contributed by atoms with E-state index in [1.54, 1.807) is 26.2 Å². The van der Waals surface area contributed by atoms with Crippen LogP contribution in [0.3, 0.4) is 0 Å². The Hall–Kier alpha value is -3.86. The molecule has 0 saturated carbocycles. The van der Waals surface area contributed by atoms with Crippen LogP contribution in [0.4, 0.5) is 20.5 Å². The van der Waals surface area contributed by atoms with E-state index in [4.69, 9.17) is 10.5 Å². The predicted molar refractivity (Wildman–Crippen MR) is 127 cm³/mol. The average molecular weight is 484 g/mol. The van der Waals surface area contributed by atoms with Crippen molar-refractivity contribution in [2.75, 3.05) is 44.4 Å². The van der Waals surface area contributed by atoms with Crippen LogP contribution >= 0.6 is 0 Å². The molecule has 0 radical (unpaired) electrons. The topological polar surface area (TPSA) is 110 Å². The Morgan fingerprint density at radius 2 is 2.03 bits per heavy atom. The van der Waals surface area contributed by atoms with E-state index in [1.165, 1.54) is 35.5 Å². The molecule has 3 N–H and O–H groups in total. The Labute approximate surface area is 201 Å². The maximum Gasteiger partial charge on any atom is 0.259 e. The maximum absolute atomic E-state index is 15.0. The van der Waals surface area contributed by atoms with E-state index < -0.39 is 11.9 Å². The lowest BCUT2D eigenvalue weighted by atomic mass is 10.1. The first-order valence-electron chi connectivity index (χ1n) is 11.2. The van der Waals surface area contributed by atoms with Gasteiger partial charge in [0.2, 0.25) is 5.95 Å². The molecule has 0 fully saturated rings. The number of hydrogen-bond donors (Lipinski definition) is 2. The van der Waals surface area contributed by atoms with E-state index in [2.05, 4.69) is 20.3 Å². The minimum Gasteiger partial charge on any atom is -0.484 e. The lowest BCUT2D eigenvalue weighted by Crippen LogP contribution is -2.34. The number of amides is 1. The molecule has 0 saturated heterocycles. The number of carbonyl (C=O) groups excluding carboxylic acids is 1. The molecule has 1 unspecified atom stereocenters. The Kier molecular flexibility index (Phi) is 7.35. The molecular weight excluding hydrogens is 456 g/mol. The van der Waals surface area contributed by atoms with E-state index in [1.807, 2.05) is 4.90 Å². The van der Waals surface area contributed by atoms with Crippen LogP contribution in [0.1, 0.15) is 34.1 Å². The van der Waals surface area contributed by atoms with E-state index >= 15 is 4.39 Å².